The maximum atomic E-state index is 11.9. The Morgan fingerprint density at radius 3 is 2.81 bits per heavy atom. The number of nitrogens with two attached hydrogens (primary N) is 2. The van der Waals surface area contributed by atoms with Crippen molar-refractivity contribution in [2.75, 3.05) is 24.6 Å². The van der Waals surface area contributed by atoms with Crippen LogP contribution in [-0.2, 0) is 6.42 Å². The van der Waals surface area contributed by atoms with Gasteiger partial charge in [0.2, 0.25) is 6.39 Å². The summed E-state index contributed by atoms with van der Waals surface area (Å²) < 4.78 is 4.62. The van der Waals surface area contributed by atoms with Crippen molar-refractivity contribution in [3.05, 3.63) is 22.7 Å². The summed E-state index contributed by atoms with van der Waals surface area (Å²) in [4.78, 5) is 27.2. The van der Waals surface area contributed by atoms with Crippen molar-refractivity contribution >= 4 is 33.8 Å². The molecule has 112 valence electrons. The lowest BCUT2D eigenvalue weighted by atomic mass is 10.2. The first kappa shape index (κ1) is 14.8. The topological polar surface area (TPSA) is 149 Å². The van der Waals surface area contributed by atoms with Crippen molar-refractivity contribution in [1.29, 1.82) is 0 Å². The number of carbonyl (C=O) groups excluding carboxylic acids is 2. The van der Waals surface area contributed by atoms with Crippen molar-refractivity contribution < 1.29 is 14.1 Å². The number of carbonyl (C=O) groups is 2. The number of amides is 2. The van der Waals surface area contributed by atoms with E-state index in [2.05, 4.69) is 25.3 Å². The Kier molecular flexibility index (Phi) is 4.38. The van der Waals surface area contributed by atoms with Gasteiger partial charge >= 0.3 is 0 Å². The molecule has 0 unspecified atom stereocenters. The Hall–Kier alpha value is -2.62. The predicted molar refractivity (Wildman–Crippen MR) is 77.1 cm³/mol. The number of nitrogens with one attached hydrogen (secondary N) is 2. The summed E-state index contributed by atoms with van der Waals surface area (Å²) in [6, 6.07) is 0. The molecule has 0 aliphatic rings. The molecule has 0 saturated carbocycles. The zero-order valence-corrected chi connectivity index (χ0v) is 12.0. The Morgan fingerprint density at radius 1 is 1.48 bits per heavy atom. The zero-order chi connectivity index (χ0) is 15.4. The number of hydrogen-bond acceptors (Lipinski definition) is 8. The molecule has 2 amide bonds. The first-order chi connectivity index (χ1) is 10.0. The molecule has 6 N–H and O–H groups in total. The van der Waals surface area contributed by atoms with E-state index in [4.69, 9.17) is 11.5 Å². The maximum absolute atomic E-state index is 11.9. The van der Waals surface area contributed by atoms with Crippen LogP contribution in [0.5, 0.6) is 0 Å². The van der Waals surface area contributed by atoms with E-state index in [9.17, 15) is 9.59 Å². The van der Waals surface area contributed by atoms with E-state index in [0.717, 1.165) is 11.3 Å². The molecule has 2 aromatic rings. The number of nitrogen functional groups attached to an aromatic ring is 1. The van der Waals surface area contributed by atoms with Crippen LogP contribution in [0.25, 0.3) is 0 Å². The van der Waals surface area contributed by atoms with Gasteiger partial charge < -0.3 is 26.6 Å². The van der Waals surface area contributed by atoms with Crippen LogP contribution >= 0.6 is 11.3 Å². The lowest BCUT2D eigenvalue weighted by Crippen LogP contribution is -2.21. The first-order valence-corrected chi connectivity index (χ1v) is 6.79. The fourth-order valence-corrected chi connectivity index (χ4v) is 2.69. The van der Waals surface area contributed by atoms with Crippen LogP contribution in [0.15, 0.2) is 10.9 Å². The van der Waals surface area contributed by atoms with Gasteiger partial charge in [0, 0.05) is 20.0 Å². The number of aromatic nitrogens is 2. The molecule has 0 atom stereocenters. The normalized spacial score (nSPS) is 10.3. The molecule has 0 radical (unpaired) electrons. The number of rotatable bonds is 6. The molecule has 0 spiro atoms. The molecule has 0 aliphatic carbocycles. The summed E-state index contributed by atoms with van der Waals surface area (Å²) in [5.74, 6) is -0.532. The van der Waals surface area contributed by atoms with Crippen LogP contribution in [0.2, 0.25) is 0 Å². The highest BCUT2D eigenvalue weighted by atomic mass is 32.1. The molecule has 0 bridgehead atoms. The van der Waals surface area contributed by atoms with Gasteiger partial charge in [0.15, 0.2) is 5.82 Å². The van der Waals surface area contributed by atoms with Gasteiger partial charge in [0.05, 0.1) is 11.3 Å². The summed E-state index contributed by atoms with van der Waals surface area (Å²) in [5, 5.41) is 9.65. The van der Waals surface area contributed by atoms with Gasteiger partial charge in [-0.2, -0.15) is 4.98 Å². The van der Waals surface area contributed by atoms with Crippen LogP contribution < -0.4 is 22.1 Å². The summed E-state index contributed by atoms with van der Waals surface area (Å²) in [6.45, 7) is 0.446. The van der Waals surface area contributed by atoms with Gasteiger partial charge in [-0.3, -0.25) is 9.59 Å². The Labute approximate surface area is 123 Å². The molecule has 2 rings (SSSR count). The molecular weight excluding hydrogens is 296 g/mol. The van der Waals surface area contributed by atoms with Crippen molar-refractivity contribution in [3.63, 3.8) is 0 Å². The van der Waals surface area contributed by atoms with E-state index in [-0.39, 0.29) is 16.1 Å². The van der Waals surface area contributed by atoms with E-state index >= 15 is 0 Å². The van der Waals surface area contributed by atoms with E-state index in [1.807, 2.05) is 0 Å². The monoisotopic (exact) mass is 310 g/mol. The van der Waals surface area contributed by atoms with Crippen molar-refractivity contribution in [2.45, 2.75) is 6.42 Å². The minimum absolute atomic E-state index is 0.0777. The molecule has 9 nitrogen and oxygen atoms in total. The SMILES string of the molecule is CNC(=O)c1c(NCCc2ncon2)sc(C(N)=O)c1N. The molecule has 10 heteroatoms. The molecule has 0 saturated heterocycles. The Bertz CT molecular complexity index is 651. The van der Waals surface area contributed by atoms with Crippen molar-refractivity contribution in [3.8, 4) is 0 Å². The second kappa shape index (κ2) is 6.22. The lowest BCUT2D eigenvalue weighted by molar-refractivity contribution is 0.0965. The van der Waals surface area contributed by atoms with E-state index < -0.39 is 11.8 Å². The molecule has 21 heavy (non-hydrogen) atoms. The smallest absolute Gasteiger partial charge is 0.260 e. The van der Waals surface area contributed by atoms with Gasteiger partial charge in [-0.05, 0) is 0 Å². The first-order valence-electron chi connectivity index (χ1n) is 5.97. The minimum atomic E-state index is -0.672. The van der Waals surface area contributed by atoms with E-state index in [0.29, 0.717) is 23.8 Å². The standard InChI is InChI=1S/C11H14N6O3S/c1-14-10(19)6-7(12)8(9(13)18)21-11(6)15-3-2-5-16-4-20-17-5/h4,15H,2-3,12H2,1H3,(H2,13,18)(H,14,19). The average Bonchev–Trinajstić information content (AvgIpc) is 3.06. The third-order valence-electron chi connectivity index (χ3n) is 2.66. The number of hydrogen-bond donors (Lipinski definition) is 4. The summed E-state index contributed by atoms with van der Waals surface area (Å²) >= 11 is 1.04. The highest BCUT2D eigenvalue weighted by molar-refractivity contribution is 7.19. The van der Waals surface area contributed by atoms with Gasteiger partial charge in [-0.1, -0.05) is 5.16 Å². The highest BCUT2D eigenvalue weighted by Gasteiger charge is 2.23. The highest BCUT2D eigenvalue weighted by Crippen LogP contribution is 2.35. The summed E-state index contributed by atoms with van der Waals surface area (Å²) in [6.07, 6.45) is 1.73. The summed E-state index contributed by atoms with van der Waals surface area (Å²) in [5.41, 5.74) is 11.4. The van der Waals surface area contributed by atoms with Crippen molar-refractivity contribution in [1.82, 2.24) is 15.5 Å². The van der Waals surface area contributed by atoms with Crippen LogP contribution in [0.4, 0.5) is 10.7 Å². The molecule has 2 aromatic heterocycles. The Balaban J connectivity index is 2.18. The quantitative estimate of drug-likeness (QED) is 0.578. The lowest BCUT2D eigenvalue weighted by Gasteiger charge is -2.05. The molecule has 0 aromatic carbocycles. The summed E-state index contributed by atoms with van der Waals surface area (Å²) in [7, 11) is 1.48. The number of nitrogens with zero attached hydrogens (tertiary/aromatic N) is 2. The third kappa shape index (κ3) is 3.11. The number of thiophene rings is 1. The minimum Gasteiger partial charge on any atom is -0.397 e. The molecule has 2 heterocycles. The Morgan fingerprint density at radius 2 is 2.24 bits per heavy atom. The predicted octanol–water partition coefficient (Wildman–Crippen LogP) is -0.174. The third-order valence-corrected chi connectivity index (χ3v) is 3.84. The van der Waals surface area contributed by atoms with Crippen molar-refractivity contribution in [2.24, 2.45) is 5.73 Å². The second-order valence-electron chi connectivity index (χ2n) is 4.02. The largest absolute Gasteiger partial charge is 0.397 e. The van der Waals surface area contributed by atoms with Gasteiger partial charge in [0.25, 0.3) is 11.8 Å². The van der Waals surface area contributed by atoms with Gasteiger partial charge in [-0.25, -0.2) is 0 Å². The molecular formula is C11H14N6O3S. The second-order valence-corrected chi connectivity index (χ2v) is 5.04. The number of primary amides is 1. The fraction of sp³-hybridized carbons (Fsp3) is 0.273. The average molecular weight is 310 g/mol. The van der Waals surface area contributed by atoms with Crippen LogP contribution in [0, 0.1) is 0 Å². The maximum Gasteiger partial charge on any atom is 0.260 e. The van der Waals surface area contributed by atoms with E-state index in [1.54, 1.807) is 0 Å². The van der Waals surface area contributed by atoms with Gasteiger partial charge in [-0.15, -0.1) is 11.3 Å². The van der Waals surface area contributed by atoms with Crippen LogP contribution in [-0.4, -0.2) is 35.5 Å². The van der Waals surface area contributed by atoms with Gasteiger partial charge in [0.1, 0.15) is 9.88 Å². The number of anilines is 2. The zero-order valence-electron chi connectivity index (χ0n) is 11.2. The molecule has 0 aliphatic heterocycles. The van der Waals surface area contributed by atoms with E-state index in [1.165, 1.54) is 13.4 Å². The molecule has 0 fully saturated rings. The fourth-order valence-electron chi connectivity index (χ4n) is 1.69. The van der Waals surface area contributed by atoms with Crippen LogP contribution in [0.3, 0.4) is 0 Å². The van der Waals surface area contributed by atoms with Crippen LogP contribution in [0.1, 0.15) is 25.9 Å².